The van der Waals surface area contributed by atoms with Gasteiger partial charge in [0.05, 0.1) is 12.8 Å². The first-order valence-electron chi connectivity index (χ1n) is 5.67. The highest BCUT2D eigenvalue weighted by atomic mass is 79.9. The summed E-state index contributed by atoms with van der Waals surface area (Å²) in [7, 11) is 1.66. The van der Waals surface area contributed by atoms with Crippen LogP contribution in [0.25, 0.3) is 12.2 Å². The molecule has 2 N–H and O–H groups in total. The molecule has 0 heterocycles. The van der Waals surface area contributed by atoms with Crippen LogP contribution in [-0.2, 0) is 0 Å². The van der Waals surface area contributed by atoms with Gasteiger partial charge in [-0.3, -0.25) is 0 Å². The zero-order valence-electron chi connectivity index (χ0n) is 10.4. The minimum Gasteiger partial charge on any atom is -0.497 e. The summed E-state index contributed by atoms with van der Waals surface area (Å²) in [4.78, 5) is 0. The molecule has 0 aliphatic rings. The molecule has 0 saturated carbocycles. The van der Waals surface area contributed by atoms with Crippen LogP contribution in [0.4, 0.5) is 5.69 Å². The minimum atomic E-state index is 0.707. The molecule has 0 aliphatic heterocycles. The monoisotopic (exact) mass is 381 g/mol. The maximum Gasteiger partial charge on any atom is 0.119 e. The van der Waals surface area contributed by atoms with E-state index in [9.17, 15) is 0 Å². The van der Waals surface area contributed by atoms with Crippen LogP contribution in [-0.4, -0.2) is 7.11 Å². The number of rotatable bonds is 3. The number of anilines is 1. The topological polar surface area (TPSA) is 35.2 Å². The predicted octanol–water partition coefficient (Wildman–Crippen LogP) is 4.97. The van der Waals surface area contributed by atoms with E-state index in [0.717, 1.165) is 25.8 Å². The Morgan fingerprint density at radius 1 is 1.00 bits per heavy atom. The molecule has 0 unspecified atom stereocenters. The van der Waals surface area contributed by atoms with Crippen molar-refractivity contribution < 1.29 is 4.74 Å². The van der Waals surface area contributed by atoms with Crippen LogP contribution in [0.2, 0.25) is 0 Å². The highest BCUT2D eigenvalue weighted by Gasteiger charge is 2.02. The molecule has 2 nitrogen and oxygen atoms in total. The van der Waals surface area contributed by atoms with Crippen LogP contribution in [0.3, 0.4) is 0 Å². The molecule has 98 valence electrons. The molecule has 19 heavy (non-hydrogen) atoms. The third-order valence-electron chi connectivity index (χ3n) is 2.66. The Hall–Kier alpha value is -1.26. The van der Waals surface area contributed by atoms with Crippen LogP contribution < -0.4 is 10.5 Å². The van der Waals surface area contributed by atoms with E-state index in [-0.39, 0.29) is 0 Å². The van der Waals surface area contributed by atoms with Crippen molar-refractivity contribution in [3.05, 3.63) is 56.5 Å². The van der Waals surface area contributed by atoms with Crippen molar-refractivity contribution in [3.8, 4) is 5.75 Å². The normalized spacial score (nSPS) is 10.9. The number of nitrogen functional groups attached to an aromatic ring is 1. The first-order valence-corrected chi connectivity index (χ1v) is 7.25. The van der Waals surface area contributed by atoms with Gasteiger partial charge < -0.3 is 10.5 Å². The van der Waals surface area contributed by atoms with Crippen molar-refractivity contribution in [1.29, 1.82) is 0 Å². The van der Waals surface area contributed by atoms with Crippen LogP contribution >= 0.6 is 31.9 Å². The van der Waals surface area contributed by atoms with Crippen LogP contribution in [0.15, 0.2) is 45.3 Å². The fourth-order valence-electron chi connectivity index (χ4n) is 1.64. The predicted molar refractivity (Wildman–Crippen MR) is 88.2 cm³/mol. The van der Waals surface area contributed by atoms with Crippen molar-refractivity contribution in [1.82, 2.24) is 0 Å². The molecule has 0 amide bonds. The van der Waals surface area contributed by atoms with Crippen molar-refractivity contribution in [2.45, 2.75) is 0 Å². The maximum absolute atomic E-state index is 5.86. The Kier molecular flexibility index (Phi) is 4.66. The van der Waals surface area contributed by atoms with Gasteiger partial charge in [-0.05, 0) is 67.3 Å². The van der Waals surface area contributed by atoms with Gasteiger partial charge in [-0.1, -0.05) is 24.3 Å². The van der Waals surface area contributed by atoms with E-state index in [1.807, 2.05) is 48.6 Å². The van der Waals surface area contributed by atoms with E-state index >= 15 is 0 Å². The molecule has 0 radical (unpaired) electrons. The van der Waals surface area contributed by atoms with E-state index in [1.54, 1.807) is 7.11 Å². The van der Waals surface area contributed by atoms with Crippen molar-refractivity contribution >= 4 is 49.7 Å². The zero-order valence-corrected chi connectivity index (χ0v) is 13.5. The summed E-state index contributed by atoms with van der Waals surface area (Å²) in [5.41, 5.74) is 8.72. The van der Waals surface area contributed by atoms with Gasteiger partial charge in [0, 0.05) is 8.95 Å². The summed E-state index contributed by atoms with van der Waals surface area (Å²) in [5.74, 6) is 0.849. The number of ether oxygens (including phenoxy) is 1. The molecule has 0 saturated heterocycles. The lowest BCUT2D eigenvalue weighted by atomic mass is 10.1. The molecular formula is C15H13Br2NO. The van der Waals surface area contributed by atoms with Gasteiger partial charge in [0.1, 0.15) is 5.75 Å². The number of methoxy groups -OCH3 is 1. The summed E-state index contributed by atoms with van der Waals surface area (Å²) in [6, 6.07) is 11.9. The Morgan fingerprint density at radius 3 is 2.26 bits per heavy atom. The summed E-state index contributed by atoms with van der Waals surface area (Å²) in [6.45, 7) is 0. The minimum absolute atomic E-state index is 0.707. The third kappa shape index (κ3) is 3.61. The highest BCUT2D eigenvalue weighted by molar-refractivity contribution is 9.11. The lowest BCUT2D eigenvalue weighted by Gasteiger charge is -2.04. The lowest BCUT2D eigenvalue weighted by molar-refractivity contribution is 0.414. The molecule has 4 heteroatoms. The molecule has 0 atom stereocenters. The maximum atomic E-state index is 5.86. The lowest BCUT2D eigenvalue weighted by Crippen LogP contribution is -1.89. The Bertz CT molecular complexity index is 600. The number of nitrogens with two attached hydrogens (primary N) is 1. The average Bonchev–Trinajstić information content (AvgIpc) is 2.42. The van der Waals surface area contributed by atoms with Gasteiger partial charge in [0.15, 0.2) is 0 Å². The van der Waals surface area contributed by atoms with Crippen molar-refractivity contribution in [2.24, 2.45) is 0 Å². The van der Waals surface area contributed by atoms with E-state index in [0.29, 0.717) is 5.69 Å². The molecule has 2 rings (SSSR count). The van der Waals surface area contributed by atoms with Crippen LogP contribution in [0, 0.1) is 0 Å². The van der Waals surface area contributed by atoms with Crippen molar-refractivity contribution in [3.63, 3.8) is 0 Å². The van der Waals surface area contributed by atoms with Gasteiger partial charge in [0.2, 0.25) is 0 Å². The Balaban J connectivity index is 2.27. The van der Waals surface area contributed by atoms with Crippen molar-refractivity contribution in [2.75, 3.05) is 12.8 Å². The molecular weight excluding hydrogens is 370 g/mol. The zero-order chi connectivity index (χ0) is 13.8. The number of benzene rings is 2. The second-order valence-electron chi connectivity index (χ2n) is 4.01. The number of hydrogen-bond acceptors (Lipinski definition) is 2. The number of hydrogen-bond donors (Lipinski definition) is 1. The first-order chi connectivity index (χ1) is 9.10. The smallest absolute Gasteiger partial charge is 0.119 e. The largest absolute Gasteiger partial charge is 0.497 e. The summed E-state index contributed by atoms with van der Waals surface area (Å²) in [5, 5.41) is 0. The van der Waals surface area contributed by atoms with Gasteiger partial charge in [0.25, 0.3) is 0 Å². The quantitative estimate of drug-likeness (QED) is 0.600. The average molecular weight is 383 g/mol. The number of halogens is 2. The van der Waals surface area contributed by atoms with Gasteiger partial charge in [-0.15, -0.1) is 0 Å². The molecule has 0 bridgehead atoms. The van der Waals surface area contributed by atoms with E-state index in [1.165, 1.54) is 0 Å². The van der Waals surface area contributed by atoms with Gasteiger partial charge in [-0.2, -0.15) is 0 Å². The van der Waals surface area contributed by atoms with Crippen LogP contribution in [0.5, 0.6) is 5.75 Å². The summed E-state index contributed by atoms with van der Waals surface area (Å²) >= 11 is 6.87. The standard InChI is InChI=1S/C15H13Br2NO/c1-19-12-4-2-3-10(7-12)5-6-11-8-13(16)15(18)14(17)9-11/h2-9H,18H2,1H3/b6-5+. The Morgan fingerprint density at radius 2 is 1.63 bits per heavy atom. The summed E-state index contributed by atoms with van der Waals surface area (Å²) in [6.07, 6.45) is 4.07. The Labute approximate surface area is 129 Å². The fourth-order valence-corrected chi connectivity index (χ4v) is 2.86. The van der Waals surface area contributed by atoms with Gasteiger partial charge in [-0.25, -0.2) is 0 Å². The molecule has 0 aliphatic carbocycles. The van der Waals surface area contributed by atoms with Crippen LogP contribution in [0.1, 0.15) is 11.1 Å². The first kappa shape index (κ1) is 14.2. The van der Waals surface area contributed by atoms with E-state index < -0.39 is 0 Å². The highest BCUT2D eigenvalue weighted by Crippen LogP contribution is 2.30. The van der Waals surface area contributed by atoms with E-state index in [4.69, 9.17) is 10.5 Å². The summed E-state index contributed by atoms with van der Waals surface area (Å²) < 4.78 is 6.96. The fraction of sp³-hybridized carbons (Fsp3) is 0.0667. The molecule has 0 aromatic heterocycles. The molecule has 2 aromatic carbocycles. The second kappa shape index (κ2) is 6.26. The molecule has 0 spiro atoms. The molecule has 2 aromatic rings. The third-order valence-corrected chi connectivity index (χ3v) is 3.98. The van der Waals surface area contributed by atoms with E-state index in [2.05, 4.69) is 31.9 Å². The second-order valence-corrected chi connectivity index (χ2v) is 5.72. The van der Waals surface area contributed by atoms with Gasteiger partial charge >= 0.3 is 0 Å². The SMILES string of the molecule is COc1cccc(/C=C/c2cc(Br)c(N)c(Br)c2)c1. The molecule has 0 fully saturated rings.